The molecular formula is C18H40O6P2. The van der Waals surface area contributed by atoms with E-state index in [9.17, 15) is 9.13 Å². The van der Waals surface area contributed by atoms with Crippen LogP contribution in [-0.2, 0) is 9.13 Å². The Morgan fingerprint density at radius 1 is 0.346 bits per heavy atom. The topological polar surface area (TPSA) is 115 Å². The summed E-state index contributed by atoms with van der Waals surface area (Å²) in [4.78, 5) is 35.0. The van der Waals surface area contributed by atoms with E-state index < -0.39 is 15.2 Å². The lowest BCUT2D eigenvalue weighted by atomic mass is 10.0. The first-order valence-electron chi connectivity index (χ1n) is 10.3. The van der Waals surface area contributed by atoms with Gasteiger partial charge in [-0.2, -0.15) is 0 Å². The van der Waals surface area contributed by atoms with Crippen LogP contribution in [0.15, 0.2) is 0 Å². The predicted molar refractivity (Wildman–Crippen MR) is 108 cm³/mol. The van der Waals surface area contributed by atoms with Gasteiger partial charge in [-0.3, -0.25) is 9.13 Å². The Morgan fingerprint density at radius 3 is 0.654 bits per heavy atom. The summed E-state index contributed by atoms with van der Waals surface area (Å²) in [5.41, 5.74) is 0. The average Bonchev–Trinajstić information content (AvgIpc) is 2.51. The van der Waals surface area contributed by atoms with Crippen molar-refractivity contribution in [1.29, 1.82) is 0 Å². The van der Waals surface area contributed by atoms with Gasteiger partial charge in [-0.15, -0.1) is 0 Å². The maximum absolute atomic E-state index is 10.7. The molecule has 4 N–H and O–H groups in total. The van der Waals surface area contributed by atoms with Crippen LogP contribution in [0.5, 0.6) is 0 Å². The number of unbranched alkanes of at least 4 members (excludes halogenated alkanes) is 15. The Labute approximate surface area is 159 Å². The third kappa shape index (κ3) is 24.3. The quantitative estimate of drug-likeness (QED) is 0.162. The van der Waals surface area contributed by atoms with Gasteiger partial charge in [-0.1, -0.05) is 89.9 Å². The zero-order valence-electron chi connectivity index (χ0n) is 16.2. The lowest BCUT2D eigenvalue weighted by Gasteiger charge is -2.05. The fourth-order valence-electron chi connectivity index (χ4n) is 3.11. The van der Waals surface area contributed by atoms with Crippen LogP contribution < -0.4 is 0 Å². The van der Waals surface area contributed by atoms with Crippen LogP contribution in [-0.4, -0.2) is 31.9 Å². The Kier molecular flexibility index (Phi) is 16.5. The minimum atomic E-state index is -3.79. The van der Waals surface area contributed by atoms with Gasteiger partial charge in [-0.25, -0.2) is 0 Å². The highest BCUT2D eigenvalue weighted by Gasteiger charge is 2.11. The van der Waals surface area contributed by atoms with Gasteiger partial charge in [0.05, 0.1) is 0 Å². The van der Waals surface area contributed by atoms with Gasteiger partial charge in [-0.05, 0) is 12.8 Å². The monoisotopic (exact) mass is 414 g/mol. The molecule has 0 aliphatic carbocycles. The second kappa shape index (κ2) is 16.3. The number of hydrogen-bond acceptors (Lipinski definition) is 2. The van der Waals surface area contributed by atoms with E-state index >= 15 is 0 Å². The molecule has 26 heavy (non-hydrogen) atoms. The van der Waals surface area contributed by atoms with Gasteiger partial charge in [0.15, 0.2) is 0 Å². The summed E-state index contributed by atoms with van der Waals surface area (Å²) in [5, 5.41) is 0. The van der Waals surface area contributed by atoms with Crippen molar-refractivity contribution >= 4 is 15.2 Å². The summed E-state index contributed by atoms with van der Waals surface area (Å²) >= 11 is 0. The lowest BCUT2D eigenvalue weighted by Crippen LogP contribution is -1.89. The first kappa shape index (κ1) is 26.3. The Bertz CT molecular complexity index is 366. The van der Waals surface area contributed by atoms with Crippen LogP contribution in [0.1, 0.15) is 103 Å². The predicted octanol–water partition coefficient (Wildman–Crippen LogP) is 5.58. The van der Waals surface area contributed by atoms with E-state index in [2.05, 4.69) is 0 Å². The van der Waals surface area contributed by atoms with Gasteiger partial charge in [0, 0.05) is 12.3 Å². The highest BCUT2D eigenvalue weighted by atomic mass is 31.2. The molecule has 158 valence electrons. The molecule has 0 aromatic rings. The molecule has 0 amide bonds. The van der Waals surface area contributed by atoms with Crippen LogP contribution in [0, 0.1) is 0 Å². The normalized spacial score (nSPS) is 12.6. The zero-order chi connectivity index (χ0) is 19.7. The largest absolute Gasteiger partial charge is 0.325 e. The van der Waals surface area contributed by atoms with Crippen molar-refractivity contribution in [3.63, 3.8) is 0 Å². The maximum Gasteiger partial charge on any atom is 0.325 e. The van der Waals surface area contributed by atoms with E-state index in [4.69, 9.17) is 19.6 Å². The van der Waals surface area contributed by atoms with Crippen molar-refractivity contribution in [3.8, 4) is 0 Å². The first-order chi connectivity index (χ1) is 12.2. The molecule has 0 heterocycles. The average molecular weight is 414 g/mol. The number of hydrogen-bond donors (Lipinski definition) is 4. The first-order valence-corrected chi connectivity index (χ1v) is 13.9. The second-order valence-corrected chi connectivity index (χ2v) is 11.0. The van der Waals surface area contributed by atoms with E-state index in [0.717, 1.165) is 25.7 Å². The summed E-state index contributed by atoms with van der Waals surface area (Å²) < 4.78 is 21.4. The molecule has 0 saturated carbocycles. The zero-order valence-corrected chi connectivity index (χ0v) is 18.0. The molecule has 0 aliphatic rings. The molecule has 0 unspecified atom stereocenters. The minimum absolute atomic E-state index is 0.0282. The van der Waals surface area contributed by atoms with Crippen LogP contribution in [0.2, 0.25) is 0 Å². The summed E-state index contributed by atoms with van der Waals surface area (Å²) in [6, 6.07) is 0. The van der Waals surface area contributed by atoms with Crippen LogP contribution in [0.4, 0.5) is 0 Å². The van der Waals surface area contributed by atoms with E-state index in [1.54, 1.807) is 0 Å². The Hall–Kier alpha value is 0.300. The summed E-state index contributed by atoms with van der Waals surface area (Å²) in [6.07, 6.45) is 17.8. The molecule has 0 bridgehead atoms. The van der Waals surface area contributed by atoms with E-state index in [1.807, 2.05) is 0 Å². The molecule has 0 spiro atoms. The molecule has 6 nitrogen and oxygen atoms in total. The van der Waals surface area contributed by atoms with Gasteiger partial charge in [0.1, 0.15) is 0 Å². The van der Waals surface area contributed by atoms with Gasteiger partial charge < -0.3 is 19.6 Å². The van der Waals surface area contributed by atoms with Crippen molar-refractivity contribution in [1.82, 2.24) is 0 Å². The van der Waals surface area contributed by atoms with Crippen LogP contribution in [0.3, 0.4) is 0 Å². The lowest BCUT2D eigenvalue weighted by molar-refractivity contribution is 0.368. The third-order valence-corrected chi connectivity index (χ3v) is 6.45. The molecule has 8 heteroatoms. The standard InChI is InChI=1S/C18H40O6P2/c19-25(20,21)17-15-13-11-9-7-5-3-1-2-4-6-8-10-12-14-16-18-26(22,23)24/h1-18H2,(H2,19,20,21)(H2,22,23,24). The molecular weight excluding hydrogens is 374 g/mol. The molecule has 0 fully saturated rings. The summed E-state index contributed by atoms with van der Waals surface area (Å²) in [5.74, 6) is 0. The van der Waals surface area contributed by atoms with E-state index in [-0.39, 0.29) is 12.3 Å². The van der Waals surface area contributed by atoms with Crippen molar-refractivity contribution in [2.24, 2.45) is 0 Å². The van der Waals surface area contributed by atoms with Crippen LogP contribution >= 0.6 is 15.2 Å². The smallest absolute Gasteiger partial charge is 0.324 e. The second-order valence-electron chi connectivity index (χ2n) is 7.43. The Morgan fingerprint density at radius 2 is 0.500 bits per heavy atom. The number of rotatable bonds is 19. The minimum Gasteiger partial charge on any atom is -0.324 e. The van der Waals surface area contributed by atoms with Crippen LogP contribution in [0.25, 0.3) is 0 Å². The highest BCUT2D eigenvalue weighted by Crippen LogP contribution is 2.36. The molecule has 0 rings (SSSR count). The van der Waals surface area contributed by atoms with E-state index in [1.165, 1.54) is 64.2 Å². The fourth-order valence-corrected chi connectivity index (χ4v) is 4.38. The molecule has 0 saturated heterocycles. The maximum atomic E-state index is 10.7. The van der Waals surface area contributed by atoms with Crippen molar-refractivity contribution in [2.45, 2.75) is 103 Å². The Balaban J connectivity index is 3.09. The molecule has 0 atom stereocenters. The van der Waals surface area contributed by atoms with Crippen molar-refractivity contribution in [3.05, 3.63) is 0 Å². The fraction of sp³-hybridized carbons (Fsp3) is 1.00. The summed E-state index contributed by atoms with van der Waals surface area (Å²) in [7, 11) is -7.58. The van der Waals surface area contributed by atoms with Gasteiger partial charge >= 0.3 is 15.2 Å². The summed E-state index contributed by atoms with van der Waals surface area (Å²) in [6.45, 7) is 0. The third-order valence-electron chi connectivity index (χ3n) is 4.65. The molecule has 0 radical (unpaired) electrons. The van der Waals surface area contributed by atoms with Crippen molar-refractivity contribution < 1.29 is 28.7 Å². The van der Waals surface area contributed by atoms with Gasteiger partial charge in [0.25, 0.3) is 0 Å². The highest BCUT2D eigenvalue weighted by molar-refractivity contribution is 7.52. The van der Waals surface area contributed by atoms with Crippen molar-refractivity contribution in [2.75, 3.05) is 12.3 Å². The SMILES string of the molecule is O=P(O)(O)CCCCCCCCCCCCCCCCCCP(=O)(O)O. The van der Waals surface area contributed by atoms with Gasteiger partial charge in [0.2, 0.25) is 0 Å². The molecule has 0 aromatic carbocycles. The molecule has 0 aromatic heterocycles. The molecule has 0 aliphatic heterocycles. The van der Waals surface area contributed by atoms with E-state index in [0.29, 0.717) is 12.8 Å².